The Morgan fingerprint density at radius 3 is 1.79 bits per heavy atom. The van der Waals surface area contributed by atoms with Gasteiger partial charge in [0.1, 0.15) is 24.2 Å². The number of alkyl halides is 9. The number of carbonyl (C=O) groups excluding carboxylic acids is 1. The maximum absolute atomic E-state index is 14.7. The molecule has 0 saturated carbocycles. The van der Waals surface area contributed by atoms with Gasteiger partial charge in [0.25, 0.3) is 0 Å². The molecule has 0 aromatic heterocycles. The SMILES string of the molecule is COC(=O)O[C@H](c1cc(C(F)(F)F)cc(C(F)(F)F)c1)[C@H](C)[NH2+]Cc1cc(C(F)(F)F)ccc1-c1cc(C(C)C)c(F)cc1OC.[Cl-]. The van der Waals surface area contributed by atoms with Gasteiger partial charge >= 0.3 is 24.7 Å². The molecule has 0 saturated heterocycles. The summed E-state index contributed by atoms with van der Waals surface area (Å²) in [6.07, 6.45) is -18.4. The van der Waals surface area contributed by atoms with E-state index in [9.17, 15) is 48.7 Å². The second kappa shape index (κ2) is 15.0. The maximum Gasteiger partial charge on any atom is 0.508 e. The van der Waals surface area contributed by atoms with E-state index in [1.807, 2.05) is 0 Å². The van der Waals surface area contributed by atoms with Gasteiger partial charge < -0.3 is 31.9 Å². The van der Waals surface area contributed by atoms with Gasteiger partial charge in [0, 0.05) is 17.2 Å². The minimum absolute atomic E-state index is 0. The van der Waals surface area contributed by atoms with Gasteiger partial charge in [-0.25, -0.2) is 9.18 Å². The molecule has 0 aliphatic carbocycles. The van der Waals surface area contributed by atoms with Crippen LogP contribution in [0.25, 0.3) is 11.1 Å². The van der Waals surface area contributed by atoms with E-state index in [2.05, 4.69) is 4.74 Å². The largest absolute Gasteiger partial charge is 1.00 e. The molecule has 3 rings (SSSR count). The number of nitrogens with two attached hydrogens (primary N) is 1. The molecule has 3 aromatic rings. The normalized spacial score (nSPS) is 13.5. The van der Waals surface area contributed by atoms with Gasteiger partial charge in [0.05, 0.1) is 30.9 Å². The predicted octanol–water partition coefficient (Wildman–Crippen LogP) is 5.66. The monoisotopic (exact) mass is 705 g/mol. The van der Waals surface area contributed by atoms with E-state index in [0.717, 1.165) is 31.4 Å². The van der Waals surface area contributed by atoms with Crippen molar-refractivity contribution in [3.8, 4) is 16.9 Å². The summed E-state index contributed by atoms with van der Waals surface area (Å²) < 4.78 is 152. The van der Waals surface area contributed by atoms with Crippen LogP contribution in [0.15, 0.2) is 48.5 Å². The third kappa shape index (κ3) is 9.66. The highest BCUT2D eigenvalue weighted by molar-refractivity contribution is 5.75. The van der Waals surface area contributed by atoms with Crippen molar-refractivity contribution in [1.29, 1.82) is 0 Å². The second-order valence-electron chi connectivity index (χ2n) is 10.7. The Kier molecular flexibility index (Phi) is 12.6. The second-order valence-corrected chi connectivity index (χ2v) is 10.7. The van der Waals surface area contributed by atoms with Crippen LogP contribution in [0.3, 0.4) is 0 Å². The number of methoxy groups -OCH3 is 2. The van der Waals surface area contributed by atoms with Gasteiger partial charge in [-0.2, -0.15) is 39.5 Å². The number of benzene rings is 3. The number of rotatable bonds is 9. The van der Waals surface area contributed by atoms with E-state index >= 15 is 0 Å². The van der Waals surface area contributed by atoms with Crippen molar-refractivity contribution in [2.45, 2.75) is 63.9 Å². The van der Waals surface area contributed by atoms with Crippen LogP contribution in [0.1, 0.15) is 66.2 Å². The third-order valence-electron chi connectivity index (χ3n) is 7.18. The Morgan fingerprint density at radius 2 is 1.32 bits per heavy atom. The molecular formula is C31H30ClF10NO4. The van der Waals surface area contributed by atoms with Gasteiger partial charge in [0.15, 0.2) is 6.10 Å². The molecule has 16 heteroatoms. The van der Waals surface area contributed by atoms with Crippen LogP contribution in [0.5, 0.6) is 5.75 Å². The van der Waals surface area contributed by atoms with Crippen LogP contribution in [0.4, 0.5) is 48.7 Å². The number of carbonyl (C=O) groups is 1. The molecule has 260 valence electrons. The molecule has 3 aromatic carbocycles. The molecule has 2 N–H and O–H groups in total. The summed E-state index contributed by atoms with van der Waals surface area (Å²) in [6.45, 7) is 4.36. The maximum atomic E-state index is 14.7. The quantitative estimate of drug-likeness (QED) is 0.231. The summed E-state index contributed by atoms with van der Waals surface area (Å²) in [5, 5.41) is 1.28. The summed E-state index contributed by atoms with van der Waals surface area (Å²) >= 11 is 0. The molecule has 0 aliphatic rings. The Morgan fingerprint density at radius 1 is 0.766 bits per heavy atom. The molecule has 0 fully saturated rings. The number of ether oxygens (including phenoxy) is 3. The Hall–Kier alpha value is -3.72. The lowest BCUT2D eigenvalue weighted by Gasteiger charge is -2.25. The van der Waals surface area contributed by atoms with E-state index in [1.165, 1.54) is 25.4 Å². The van der Waals surface area contributed by atoms with Crippen molar-refractivity contribution in [1.82, 2.24) is 0 Å². The molecule has 0 aliphatic heterocycles. The number of hydrogen-bond acceptors (Lipinski definition) is 4. The van der Waals surface area contributed by atoms with Gasteiger partial charge in [-0.15, -0.1) is 0 Å². The zero-order valence-electron chi connectivity index (χ0n) is 25.4. The highest BCUT2D eigenvalue weighted by atomic mass is 35.5. The highest BCUT2D eigenvalue weighted by Crippen LogP contribution is 2.40. The summed E-state index contributed by atoms with van der Waals surface area (Å²) in [5.74, 6) is -0.919. The molecule has 0 spiro atoms. The van der Waals surface area contributed by atoms with Gasteiger partial charge in [-0.3, -0.25) is 0 Å². The molecule has 5 nitrogen and oxygen atoms in total. The lowest BCUT2D eigenvalue weighted by molar-refractivity contribution is -0.708. The van der Waals surface area contributed by atoms with Crippen molar-refractivity contribution < 1.29 is 80.6 Å². The van der Waals surface area contributed by atoms with Crippen molar-refractivity contribution in [3.63, 3.8) is 0 Å². The fourth-order valence-corrected chi connectivity index (χ4v) is 4.81. The first-order valence-corrected chi connectivity index (χ1v) is 13.6. The minimum atomic E-state index is -5.20. The van der Waals surface area contributed by atoms with E-state index in [0.29, 0.717) is 12.1 Å². The third-order valence-corrected chi connectivity index (χ3v) is 7.18. The van der Waals surface area contributed by atoms with Crippen LogP contribution in [0.2, 0.25) is 0 Å². The minimum Gasteiger partial charge on any atom is -1.00 e. The first-order chi connectivity index (χ1) is 21.2. The lowest BCUT2D eigenvalue weighted by Crippen LogP contribution is -3.00. The standard InChI is InChI=1S/C31H29F10NO4.ClH/c1-15(2)23-12-24(26(44-4)13-25(23)32)22-7-6-19(29(33,34)35)10-18(22)14-42-16(3)27(46-28(43)45-5)17-8-20(30(36,37)38)11-21(9-17)31(39,40)41;/h6-13,15-16,27,42H,14H2,1-5H3;1H/t16-,27-;/m0./s1. The molecule has 0 amide bonds. The highest BCUT2D eigenvalue weighted by Gasteiger charge is 2.39. The zero-order valence-corrected chi connectivity index (χ0v) is 26.2. The zero-order chi connectivity index (χ0) is 34.8. The average molecular weight is 706 g/mol. The Bertz CT molecular complexity index is 1520. The lowest BCUT2D eigenvalue weighted by atomic mass is 9.92. The summed E-state index contributed by atoms with van der Waals surface area (Å²) in [5.41, 5.74) is -4.35. The van der Waals surface area contributed by atoms with Crippen molar-refractivity contribution >= 4 is 6.16 Å². The molecule has 0 unspecified atom stereocenters. The number of quaternary nitrogens is 1. The molecule has 47 heavy (non-hydrogen) atoms. The van der Waals surface area contributed by atoms with Gasteiger partial charge in [0.2, 0.25) is 0 Å². The van der Waals surface area contributed by atoms with E-state index < -0.39 is 64.9 Å². The van der Waals surface area contributed by atoms with E-state index in [1.54, 1.807) is 13.8 Å². The molecule has 0 bridgehead atoms. The predicted molar refractivity (Wildman–Crippen MR) is 145 cm³/mol. The van der Waals surface area contributed by atoms with Crippen molar-refractivity contribution in [2.75, 3.05) is 14.2 Å². The van der Waals surface area contributed by atoms with E-state index in [4.69, 9.17) is 9.47 Å². The summed E-state index contributed by atoms with van der Waals surface area (Å²) in [6, 6.07) is 4.81. The summed E-state index contributed by atoms with van der Waals surface area (Å²) in [7, 11) is 2.11. The summed E-state index contributed by atoms with van der Waals surface area (Å²) in [4.78, 5) is 12.0. The molecule has 0 radical (unpaired) electrons. The number of hydrogen-bond donors (Lipinski definition) is 1. The molecule has 2 atom stereocenters. The Balaban J connectivity index is 0.00000768. The smallest absolute Gasteiger partial charge is 0.508 e. The molecular weight excluding hydrogens is 676 g/mol. The van der Waals surface area contributed by atoms with Crippen LogP contribution < -0.4 is 22.5 Å². The first kappa shape index (κ1) is 39.5. The first-order valence-electron chi connectivity index (χ1n) is 13.6. The van der Waals surface area contributed by atoms with Crippen LogP contribution in [0, 0.1) is 5.82 Å². The van der Waals surface area contributed by atoms with Crippen molar-refractivity contribution in [2.24, 2.45) is 0 Å². The van der Waals surface area contributed by atoms with Crippen molar-refractivity contribution in [3.05, 3.63) is 87.7 Å². The number of halogens is 11. The fraction of sp³-hybridized carbons (Fsp3) is 0.387. The van der Waals surface area contributed by atoms with E-state index in [-0.39, 0.29) is 58.9 Å². The van der Waals surface area contributed by atoms with Gasteiger partial charge in [-0.05, 0) is 65.9 Å². The van der Waals surface area contributed by atoms with Crippen LogP contribution in [-0.2, 0) is 34.5 Å². The fourth-order valence-electron chi connectivity index (χ4n) is 4.81. The van der Waals surface area contributed by atoms with Crippen LogP contribution in [-0.4, -0.2) is 26.4 Å². The Labute approximate surface area is 269 Å². The van der Waals surface area contributed by atoms with Crippen LogP contribution >= 0.6 is 0 Å². The average Bonchev–Trinajstić information content (AvgIpc) is 2.96. The van der Waals surface area contributed by atoms with Gasteiger partial charge in [-0.1, -0.05) is 19.9 Å². The topological polar surface area (TPSA) is 61.4 Å². The molecule has 0 heterocycles.